The Labute approximate surface area is 227 Å². The molecule has 0 saturated carbocycles. The molecule has 2 saturated heterocycles. The van der Waals surface area contributed by atoms with Crippen molar-refractivity contribution in [3.8, 4) is 0 Å². The van der Waals surface area contributed by atoms with Gasteiger partial charge in [0.25, 0.3) is 11.8 Å². The van der Waals surface area contributed by atoms with Gasteiger partial charge in [0.1, 0.15) is 0 Å². The number of carbonyl (C=O) groups excluding carboxylic acids is 2. The highest BCUT2D eigenvalue weighted by molar-refractivity contribution is 8.04. The summed E-state index contributed by atoms with van der Waals surface area (Å²) in [5.74, 6) is -0.504. The van der Waals surface area contributed by atoms with Crippen molar-refractivity contribution in [3.05, 3.63) is 100.0 Å². The lowest BCUT2D eigenvalue weighted by molar-refractivity contribution is -0.181. The maximum Gasteiger partial charge on any atom is 0.265 e. The third-order valence-electron chi connectivity index (χ3n) is 7.34. The van der Waals surface area contributed by atoms with Gasteiger partial charge in [0.05, 0.1) is 30.4 Å². The number of para-hydroxylation sites is 1. The summed E-state index contributed by atoms with van der Waals surface area (Å²) in [7, 11) is 0. The molecule has 3 aromatic rings. The fourth-order valence-corrected chi connectivity index (χ4v) is 6.36. The first kappa shape index (κ1) is 24.9. The lowest BCUT2D eigenvalue weighted by atomic mass is 10.0. The number of likely N-dealkylation sites (tertiary alicyclic amines) is 1. The number of nitrogens with zero attached hydrogens (tertiary/aromatic N) is 2. The number of benzene rings is 3. The van der Waals surface area contributed by atoms with Crippen LogP contribution in [0.3, 0.4) is 0 Å². The van der Waals surface area contributed by atoms with Crippen molar-refractivity contribution in [1.82, 2.24) is 4.90 Å². The normalized spacial score (nSPS) is 19.7. The van der Waals surface area contributed by atoms with Gasteiger partial charge in [-0.3, -0.25) is 9.59 Å². The van der Waals surface area contributed by atoms with Gasteiger partial charge in [-0.1, -0.05) is 65.9 Å². The van der Waals surface area contributed by atoms with Crippen LogP contribution in [0.15, 0.2) is 82.6 Å². The second-order valence-corrected chi connectivity index (χ2v) is 11.1. The molecule has 2 fully saturated rings. The molecule has 6 nitrogen and oxygen atoms in total. The molecular weight excluding hydrogens is 496 g/mol. The monoisotopic (exact) mass is 526 g/mol. The van der Waals surface area contributed by atoms with Crippen LogP contribution in [0.4, 0.5) is 5.69 Å². The largest absolute Gasteiger partial charge is 0.347 e. The summed E-state index contributed by atoms with van der Waals surface area (Å²) in [5, 5.41) is 0. The van der Waals surface area contributed by atoms with Crippen molar-refractivity contribution in [2.24, 2.45) is 0 Å². The third-order valence-corrected chi connectivity index (χ3v) is 8.41. The fourth-order valence-electron chi connectivity index (χ4n) is 5.30. The van der Waals surface area contributed by atoms with Crippen molar-refractivity contribution >= 4 is 35.3 Å². The molecule has 3 heterocycles. The minimum absolute atomic E-state index is 0.0124. The zero-order valence-electron chi connectivity index (χ0n) is 21.4. The average Bonchev–Trinajstić information content (AvgIpc) is 3.39. The number of anilines is 1. The quantitative estimate of drug-likeness (QED) is 0.411. The number of piperidine rings is 1. The van der Waals surface area contributed by atoms with E-state index in [2.05, 4.69) is 31.2 Å². The number of aryl methyl sites for hydroxylation is 1. The number of carbonyl (C=O) groups is 2. The summed E-state index contributed by atoms with van der Waals surface area (Å²) >= 11 is 1.49. The third kappa shape index (κ3) is 5.01. The predicted octanol–water partition coefficient (Wildman–Crippen LogP) is 5.65. The topological polar surface area (TPSA) is 59.1 Å². The van der Waals surface area contributed by atoms with Gasteiger partial charge < -0.3 is 19.3 Å². The molecule has 3 aromatic carbocycles. The molecule has 38 heavy (non-hydrogen) atoms. The molecule has 6 rings (SSSR count). The van der Waals surface area contributed by atoms with Crippen molar-refractivity contribution < 1.29 is 19.1 Å². The number of thioether (sulfide) groups is 1. The van der Waals surface area contributed by atoms with Gasteiger partial charge >= 0.3 is 0 Å². The van der Waals surface area contributed by atoms with Crippen molar-refractivity contribution in [1.29, 1.82) is 0 Å². The number of hydrogen-bond acceptors (Lipinski definition) is 5. The van der Waals surface area contributed by atoms with E-state index in [0.717, 1.165) is 21.7 Å². The van der Waals surface area contributed by atoms with Crippen molar-refractivity contribution in [2.75, 3.05) is 31.2 Å². The first-order valence-corrected chi connectivity index (χ1v) is 13.8. The van der Waals surface area contributed by atoms with Crippen LogP contribution in [0.5, 0.6) is 0 Å². The van der Waals surface area contributed by atoms with Gasteiger partial charge in [-0.25, -0.2) is 0 Å². The minimum atomic E-state index is -0.497. The van der Waals surface area contributed by atoms with E-state index < -0.39 is 5.79 Å². The zero-order chi connectivity index (χ0) is 26.1. The summed E-state index contributed by atoms with van der Waals surface area (Å²) in [6.45, 7) is 5.06. The molecule has 0 aliphatic carbocycles. The number of rotatable bonds is 4. The fraction of sp³-hybridized carbons (Fsp3) is 0.290. The van der Waals surface area contributed by atoms with Gasteiger partial charge in [0.2, 0.25) is 0 Å². The Balaban J connectivity index is 1.19. The Morgan fingerprint density at radius 1 is 0.974 bits per heavy atom. The highest BCUT2D eigenvalue weighted by Crippen LogP contribution is 2.42. The summed E-state index contributed by atoms with van der Waals surface area (Å²) in [5.41, 5.74) is 4.73. The Morgan fingerprint density at radius 3 is 2.45 bits per heavy atom. The van der Waals surface area contributed by atoms with E-state index in [4.69, 9.17) is 9.47 Å². The standard InChI is InChI=1S/C31H30N2O4S/c1-22-5-4-6-24(19-22)21-33-26-7-2-3-8-27(26)38-28(30(33)35)20-23-9-11-25(12-10-23)29(34)32-15-13-31(14-16-32)36-17-18-37-31/h2-12,19-20H,13-18,21H2,1H3/b28-20+. The first-order valence-electron chi connectivity index (χ1n) is 13.0. The van der Waals surface area contributed by atoms with Crippen LogP contribution in [-0.2, 0) is 20.8 Å². The van der Waals surface area contributed by atoms with E-state index in [1.807, 2.05) is 64.4 Å². The number of ether oxygens (including phenoxy) is 2. The van der Waals surface area contributed by atoms with E-state index >= 15 is 0 Å². The van der Waals surface area contributed by atoms with Crippen LogP contribution in [-0.4, -0.2) is 48.8 Å². The molecule has 7 heteroatoms. The molecule has 0 aromatic heterocycles. The molecule has 0 bridgehead atoms. The molecule has 0 radical (unpaired) electrons. The van der Waals surface area contributed by atoms with Crippen LogP contribution in [0, 0.1) is 6.92 Å². The van der Waals surface area contributed by atoms with Gasteiger partial charge in [-0.15, -0.1) is 0 Å². The SMILES string of the molecule is Cc1cccc(CN2C(=O)/C(=C\c3ccc(C(=O)N4CCC5(CC4)OCCO5)cc3)Sc3ccccc32)c1. The molecule has 3 aliphatic rings. The van der Waals surface area contributed by atoms with E-state index in [-0.39, 0.29) is 11.8 Å². The maximum atomic E-state index is 13.6. The number of fused-ring (bicyclic) bond motifs is 1. The molecule has 3 aliphatic heterocycles. The van der Waals surface area contributed by atoms with Gasteiger partial charge in [0.15, 0.2) is 5.79 Å². The van der Waals surface area contributed by atoms with E-state index in [0.29, 0.717) is 56.2 Å². The zero-order valence-corrected chi connectivity index (χ0v) is 22.2. The Hall–Kier alpha value is -3.39. The van der Waals surface area contributed by atoms with E-state index in [1.54, 1.807) is 0 Å². The summed E-state index contributed by atoms with van der Waals surface area (Å²) in [4.78, 5) is 32.2. The van der Waals surface area contributed by atoms with Crippen LogP contribution in [0.25, 0.3) is 6.08 Å². The lowest BCUT2D eigenvalue weighted by Crippen LogP contribution is -2.47. The smallest absolute Gasteiger partial charge is 0.265 e. The Morgan fingerprint density at radius 2 is 1.71 bits per heavy atom. The molecule has 1 spiro atoms. The summed E-state index contributed by atoms with van der Waals surface area (Å²) in [6.07, 6.45) is 3.31. The summed E-state index contributed by atoms with van der Waals surface area (Å²) in [6, 6.07) is 23.8. The van der Waals surface area contributed by atoms with E-state index in [9.17, 15) is 9.59 Å². The molecule has 194 valence electrons. The molecule has 2 amide bonds. The number of amides is 2. The highest BCUT2D eigenvalue weighted by Gasteiger charge is 2.40. The average molecular weight is 527 g/mol. The molecule has 0 N–H and O–H groups in total. The lowest BCUT2D eigenvalue weighted by Gasteiger charge is -2.37. The van der Waals surface area contributed by atoms with Crippen LogP contribution >= 0.6 is 11.8 Å². The summed E-state index contributed by atoms with van der Waals surface area (Å²) < 4.78 is 11.6. The van der Waals surface area contributed by atoms with Gasteiger partial charge in [0, 0.05) is 36.4 Å². The van der Waals surface area contributed by atoms with E-state index in [1.165, 1.54) is 17.3 Å². The highest BCUT2D eigenvalue weighted by atomic mass is 32.2. The number of hydrogen-bond donors (Lipinski definition) is 0. The minimum Gasteiger partial charge on any atom is -0.347 e. The van der Waals surface area contributed by atoms with Gasteiger partial charge in [-0.05, 0) is 48.4 Å². The molecule has 0 atom stereocenters. The Kier molecular flexibility index (Phi) is 6.82. The Bertz CT molecular complexity index is 1380. The maximum absolute atomic E-state index is 13.6. The van der Waals surface area contributed by atoms with Crippen molar-refractivity contribution in [2.45, 2.75) is 37.0 Å². The second-order valence-electron chi connectivity index (χ2n) is 9.98. The van der Waals surface area contributed by atoms with Crippen molar-refractivity contribution in [3.63, 3.8) is 0 Å². The predicted molar refractivity (Wildman–Crippen MR) is 149 cm³/mol. The van der Waals surface area contributed by atoms with Crippen LogP contribution in [0.2, 0.25) is 0 Å². The van der Waals surface area contributed by atoms with Gasteiger partial charge in [-0.2, -0.15) is 0 Å². The molecule has 0 unspecified atom stereocenters. The first-order chi connectivity index (χ1) is 18.5. The molecular formula is C31H30N2O4S. The van der Waals surface area contributed by atoms with Crippen LogP contribution < -0.4 is 4.90 Å². The second kappa shape index (κ2) is 10.4. The van der Waals surface area contributed by atoms with Crippen LogP contribution in [0.1, 0.15) is 39.9 Å².